The van der Waals surface area contributed by atoms with Crippen molar-refractivity contribution in [3.05, 3.63) is 65.7 Å². The fraction of sp³-hybridized carbons (Fsp3) is 0.238. The first-order chi connectivity index (χ1) is 11.7. The predicted molar refractivity (Wildman–Crippen MR) is 95.3 cm³/mol. The molecule has 1 aliphatic rings. The van der Waals surface area contributed by atoms with E-state index in [1.165, 1.54) is 5.56 Å². The lowest BCUT2D eigenvalue weighted by Crippen LogP contribution is -2.07. The summed E-state index contributed by atoms with van der Waals surface area (Å²) >= 11 is 0. The van der Waals surface area contributed by atoms with E-state index in [1.54, 1.807) is 14.2 Å². The Morgan fingerprint density at radius 2 is 1.58 bits per heavy atom. The lowest BCUT2D eigenvalue weighted by molar-refractivity contribution is 0.218. The number of hydrogen-bond donors (Lipinski definition) is 0. The molecule has 0 radical (unpaired) electrons. The van der Waals surface area contributed by atoms with Crippen LogP contribution in [-0.2, 0) is 0 Å². The van der Waals surface area contributed by atoms with Crippen molar-refractivity contribution in [3.63, 3.8) is 0 Å². The predicted octanol–water partition coefficient (Wildman–Crippen LogP) is 5.09. The molecule has 2 atom stereocenters. The van der Waals surface area contributed by atoms with Crippen molar-refractivity contribution < 1.29 is 14.2 Å². The molecule has 122 valence electrons. The van der Waals surface area contributed by atoms with E-state index in [-0.39, 0.29) is 12.0 Å². The zero-order valence-electron chi connectivity index (χ0n) is 14.1. The average molecular weight is 320 g/mol. The zero-order valence-corrected chi connectivity index (χ0v) is 14.1. The largest absolute Gasteiger partial charge is 0.497 e. The molecule has 0 saturated carbocycles. The fourth-order valence-corrected chi connectivity index (χ4v) is 3.52. The summed E-state index contributed by atoms with van der Waals surface area (Å²) in [6.45, 7) is 2.20. The number of rotatable bonds is 3. The normalized spacial score (nSPS) is 19.0. The maximum absolute atomic E-state index is 6.40. The number of fused-ring (bicyclic) bond motifs is 3. The maximum Gasteiger partial charge on any atom is 0.131 e. The highest BCUT2D eigenvalue weighted by atomic mass is 16.5. The third-order valence-corrected chi connectivity index (χ3v) is 4.84. The molecule has 1 aliphatic heterocycles. The van der Waals surface area contributed by atoms with Gasteiger partial charge in [-0.05, 0) is 23.8 Å². The Bertz CT molecular complexity index is 883. The molecule has 0 bridgehead atoms. The van der Waals surface area contributed by atoms with Gasteiger partial charge < -0.3 is 14.2 Å². The molecule has 0 amide bonds. The second-order valence-corrected chi connectivity index (χ2v) is 6.14. The van der Waals surface area contributed by atoms with E-state index in [4.69, 9.17) is 14.2 Å². The third kappa shape index (κ3) is 2.20. The van der Waals surface area contributed by atoms with Gasteiger partial charge in [0.25, 0.3) is 0 Å². The van der Waals surface area contributed by atoms with Crippen LogP contribution < -0.4 is 14.2 Å². The molecule has 3 aromatic carbocycles. The molecular weight excluding hydrogens is 300 g/mol. The number of ether oxygens (including phenoxy) is 3. The molecule has 0 saturated heterocycles. The van der Waals surface area contributed by atoms with E-state index in [0.717, 1.165) is 33.6 Å². The van der Waals surface area contributed by atoms with Crippen molar-refractivity contribution in [3.8, 4) is 17.2 Å². The second-order valence-electron chi connectivity index (χ2n) is 6.14. The Labute approximate surface area is 141 Å². The first-order valence-corrected chi connectivity index (χ1v) is 8.13. The van der Waals surface area contributed by atoms with Crippen LogP contribution in [0.25, 0.3) is 10.8 Å². The van der Waals surface area contributed by atoms with Gasteiger partial charge in [-0.1, -0.05) is 43.3 Å². The smallest absolute Gasteiger partial charge is 0.131 e. The molecule has 24 heavy (non-hydrogen) atoms. The van der Waals surface area contributed by atoms with Crippen LogP contribution in [0, 0.1) is 0 Å². The van der Waals surface area contributed by atoms with Crippen LogP contribution in [0.2, 0.25) is 0 Å². The minimum absolute atomic E-state index is 0.00131. The average Bonchev–Trinajstić information content (AvgIpc) is 2.98. The minimum atomic E-state index is 0.00131. The first kappa shape index (κ1) is 14.9. The molecular formula is C21H20O3. The van der Waals surface area contributed by atoms with E-state index in [9.17, 15) is 0 Å². The fourth-order valence-electron chi connectivity index (χ4n) is 3.52. The summed E-state index contributed by atoms with van der Waals surface area (Å²) in [5.41, 5.74) is 2.36. The van der Waals surface area contributed by atoms with Gasteiger partial charge in [0.05, 0.1) is 14.2 Å². The van der Waals surface area contributed by atoms with Crippen molar-refractivity contribution >= 4 is 10.8 Å². The monoisotopic (exact) mass is 320 g/mol. The van der Waals surface area contributed by atoms with E-state index in [2.05, 4.69) is 37.3 Å². The standard InChI is InChI=1S/C21H20O3/c1-13-18-12-19(23-3)16-6-4-5-7-17(16)21(18)24-20(13)14-8-10-15(22-2)11-9-14/h4-13,20H,1-3H3/t13-,20-/m0/s1. The second kappa shape index (κ2) is 5.75. The third-order valence-electron chi connectivity index (χ3n) is 4.84. The lowest BCUT2D eigenvalue weighted by Gasteiger charge is -2.16. The molecule has 1 heterocycles. The van der Waals surface area contributed by atoms with Crippen molar-refractivity contribution in [1.29, 1.82) is 0 Å². The maximum atomic E-state index is 6.40. The Morgan fingerprint density at radius 1 is 0.875 bits per heavy atom. The highest BCUT2D eigenvalue weighted by Gasteiger charge is 2.34. The van der Waals surface area contributed by atoms with Crippen LogP contribution in [0.4, 0.5) is 0 Å². The van der Waals surface area contributed by atoms with Gasteiger partial charge >= 0.3 is 0 Å². The number of methoxy groups -OCH3 is 2. The molecule has 3 heteroatoms. The van der Waals surface area contributed by atoms with Crippen LogP contribution in [0.5, 0.6) is 17.2 Å². The topological polar surface area (TPSA) is 27.7 Å². The van der Waals surface area contributed by atoms with Crippen LogP contribution >= 0.6 is 0 Å². The Balaban J connectivity index is 1.81. The van der Waals surface area contributed by atoms with Gasteiger partial charge in [0.2, 0.25) is 0 Å². The van der Waals surface area contributed by atoms with Gasteiger partial charge in [-0.25, -0.2) is 0 Å². The van der Waals surface area contributed by atoms with Crippen molar-refractivity contribution in [2.75, 3.05) is 14.2 Å². The number of hydrogen-bond acceptors (Lipinski definition) is 3. The Kier molecular flexibility index (Phi) is 3.57. The van der Waals surface area contributed by atoms with Crippen molar-refractivity contribution in [1.82, 2.24) is 0 Å². The summed E-state index contributed by atoms with van der Waals surface area (Å²) in [6, 6.07) is 18.5. The van der Waals surface area contributed by atoms with Crippen LogP contribution in [0.1, 0.15) is 30.1 Å². The molecule has 3 aromatic rings. The highest BCUT2D eigenvalue weighted by Crippen LogP contribution is 2.51. The Hall–Kier alpha value is -2.68. The van der Waals surface area contributed by atoms with Crippen molar-refractivity contribution in [2.24, 2.45) is 0 Å². The summed E-state index contributed by atoms with van der Waals surface area (Å²) in [5.74, 6) is 2.98. The van der Waals surface area contributed by atoms with Gasteiger partial charge in [-0.2, -0.15) is 0 Å². The van der Waals surface area contributed by atoms with E-state index in [0.29, 0.717) is 0 Å². The highest BCUT2D eigenvalue weighted by molar-refractivity contribution is 5.95. The van der Waals surface area contributed by atoms with E-state index < -0.39 is 0 Å². The molecule has 3 nitrogen and oxygen atoms in total. The summed E-state index contributed by atoms with van der Waals surface area (Å²) in [7, 11) is 3.40. The van der Waals surface area contributed by atoms with Crippen LogP contribution in [0.3, 0.4) is 0 Å². The molecule has 4 rings (SSSR count). The molecule has 0 fully saturated rings. The van der Waals surface area contributed by atoms with Gasteiger partial charge in [0.1, 0.15) is 23.4 Å². The van der Waals surface area contributed by atoms with E-state index >= 15 is 0 Å². The SMILES string of the molecule is COc1ccc([C@H]2Oc3c(cc(OC)c4ccccc34)[C@@H]2C)cc1. The van der Waals surface area contributed by atoms with Gasteiger partial charge in [-0.3, -0.25) is 0 Å². The molecule has 0 N–H and O–H groups in total. The number of benzene rings is 3. The summed E-state index contributed by atoms with van der Waals surface area (Å²) in [5, 5.41) is 2.19. The van der Waals surface area contributed by atoms with E-state index in [1.807, 2.05) is 24.3 Å². The van der Waals surface area contributed by atoms with Gasteiger partial charge in [0.15, 0.2) is 0 Å². The minimum Gasteiger partial charge on any atom is -0.497 e. The molecule has 0 spiro atoms. The van der Waals surface area contributed by atoms with Crippen LogP contribution in [-0.4, -0.2) is 14.2 Å². The van der Waals surface area contributed by atoms with Crippen molar-refractivity contribution in [2.45, 2.75) is 18.9 Å². The molecule has 0 unspecified atom stereocenters. The van der Waals surface area contributed by atoms with Gasteiger partial charge in [-0.15, -0.1) is 0 Å². The zero-order chi connectivity index (χ0) is 16.7. The lowest BCUT2D eigenvalue weighted by atomic mass is 9.91. The summed E-state index contributed by atoms with van der Waals surface area (Å²) in [4.78, 5) is 0. The van der Waals surface area contributed by atoms with Crippen LogP contribution in [0.15, 0.2) is 54.6 Å². The van der Waals surface area contributed by atoms with Gasteiger partial charge in [0, 0.05) is 22.3 Å². The summed E-state index contributed by atoms with van der Waals surface area (Å²) < 4.78 is 17.2. The first-order valence-electron chi connectivity index (χ1n) is 8.13. The summed E-state index contributed by atoms with van der Waals surface area (Å²) in [6.07, 6.45) is 0.00131. The molecule has 0 aromatic heterocycles. The molecule has 0 aliphatic carbocycles. The quantitative estimate of drug-likeness (QED) is 0.672. The Morgan fingerprint density at radius 3 is 2.25 bits per heavy atom.